The van der Waals surface area contributed by atoms with E-state index in [-0.39, 0.29) is 28.6 Å². The van der Waals surface area contributed by atoms with Crippen LogP contribution in [0.2, 0.25) is 0 Å². The molecule has 3 nitrogen and oxygen atoms in total. The number of hydrogen-bond donors (Lipinski definition) is 1. The Bertz CT molecular complexity index is 621. The summed E-state index contributed by atoms with van der Waals surface area (Å²) in [4.78, 5) is 25.4. The molecular formula is C21H30O3. The molecule has 7 atom stereocenters. The van der Waals surface area contributed by atoms with E-state index in [1.165, 1.54) is 0 Å². The van der Waals surface area contributed by atoms with Gasteiger partial charge in [0.1, 0.15) is 5.78 Å². The van der Waals surface area contributed by atoms with Crippen molar-refractivity contribution in [2.75, 3.05) is 0 Å². The van der Waals surface area contributed by atoms with Crippen LogP contribution < -0.4 is 0 Å². The lowest BCUT2D eigenvalue weighted by Crippen LogP contribution is -2.57. The Balaban J connectivity index is 1.69. The Kier molecular flexibility index (Phi) is 3.62. The highest BCUT2D eigenvalue weighted by Gasteiger charge is 2.62. The summed E-state index contributed by atoms with van der Waals surface area (Å²) < 4.78 is 0. The number of allylic oxidation sites excluding steroid dienone is 2. The van der Waals surface area contributed by atoms with Crippen molar-refractivity contribution in [3.05, 3.63) is 11.6 Å². The predicted octanol–water partition coefficient (Wildman–Crippen LogP) is 3.69. The molecule has 0 unspecified atom stereocenters. The van der Waals surface area contributed by atoms with Crippen molar-refractivity contribution >= 4 is 11.6 Å². The molecule has 0 aliphatic heterocycles. The first kappa shape index (κ1) is 16.5. The van der Waals surface area contributed by atoms with Crippen molar-refractivity contribution in [1.29, 1.82) is 0 Å². The molecular weight excluding hydrogens is 300 g/mol. The molecule has 3 fully saturated rings. The van der Waals surface area contributed by atoms with E-state index in [4.69, 9.17) is 0 Å². The van der Waals surface area contributed by atoms with Crippen LogP contribution >= 0.6 is 0 Å². The SMILES string of the molecule is CC(=O)C1=CC[C@H]2[C@@H]3CC[C@H]4C[C@H](O)CC[C@]4(C)[C@H]3C(=O)C[C@]12C. The Morgan fingerprint density at radius 3 is 2.71 bits per heavy atom. The van der Waals surface area contributed by atoms with Crippen LogP contribution in [-0.4, -0.2) is 22.8 Å². The van der Waals surface area contributed by atoms with Crippen molar-refractivity contribution in [2.24, 2.45) is 34.5 Å². The second kappa shape index (κ2) is 5.27. The van der Waals surface area contributed by atoms with E-state index in [1.54, 1.807) is 6.92 Å². The van der Waals surface area contributed by atoms with Gasteiger partial charge in [-0.1, -0.05) is 19.9 Å². The first-order chi connectivity index (χ1) is 11.3. The number of Topliss-reactive ketones (excluding diaryl/α,β-unsaturated/α-hetero) is 2. The van der Waals surface area contributed by atoms with Crippen LogP contribution in [-0.2, 0) is 9.59 Å². The smallest absolute Gasteiger partial charge is 0.156 e. The first-order valence-electron chi connectivity index (χ1n) is 9.69. The first-order valence-corrected chi connectivity index (χ1v) is 9.69. The summed E-state index contributed by atoms with van der Waals surface area (Å²) in [5.41, 5.74) is 0.728. The number of hydrogen-bond acceptors (Lipinski definition) is 3. The molecule has 3 saturated carbocycles. The van der Waals surface area contributed by atoms with Crippen molar-refractivity contribution in [3.8, 4) is 0 Å². The number of fused-ring (bicyclic) bond motifs is 5. The summed E-state index contributed by atoms with van der Waals surface area (Å²) in [6.45, 7) is 6.12. The maximum atomic E-state index is 13.3. The zero-order valence-electron chi connectivity index (χ0n) is 15.2. The van der Waals surface area contributed by atoms with Gasteiger partial charge in [0.15, 0.2) is 5.78 Å². The monoisotopic (exact) mass is 330 g/mol. The van der Waals surface area contributed by atoms with Crippen molar-refractivity contribution < 1.29 is 14.7 Å². The quantitative estimate of drug-likeness (QED) is 0.797. The summed E-state index contributed by atoms with van der Waals surface area (Å²) in [5.74, 6) is 2.02. The molecule has 132 valence electrons. The van der Waals surface area contributed by atoms with Crippen LogP contribution in [0.3, 0.4) is 0 Å². The second-order valence-electron chi connectivity index (χ2n) is 9.43. The van der Waals surface area contributed by atoms with E-state index in [2.05, 4.69) is 19.9 Å². The molecule has 24 heavy (non-hydrogen) atoms. The lowest BCUT2D eigenvalue weighted by molar-refractivity contribution is -0.158. The van der Waals surface area contributed by atoms with Crippen molar-refractivity contribution in [2.45, 2.75) is 71.8 Å². The van der Waals surface area contributed by atoms with Crippen LogP contribution in [0, 0.1) is 34.5 Å². The minimum absolute atomic E-state index is 0.0551. The molecule has 0 aromatic rings. The Hall–Kier alpha value is -0.960. The molecule has 0 saturated heterocycles. The Morgan fingerprint density at radius 2 is 2.00 bits per heavy atom. The molecule has 0 amide bonds. The Morgan fingerprint density at radius 1 is 1.25 bits per heavy atom. The number of aliphatic hydroxyl groups is 1. The standard InChI is InChI=1S/C21H30O3/c1-12(22)16-6-7-17-15-5-4-13-10-14(23)8-9-20(13,2)19(15)18(24)11-21(16,17)3/h6,13-15,17,19,23H,4-5,7-11H2,1-3H3/t13-,14+,15-,17-,19+,20-,21+/m0/s1. The highest BCUT2D eigenvalue weighted by molar-refractivity contribution is 5.97. The minimum Gasteiger partial charge on any atom is -0.393 e. The van der Waals surface area contributed by atoms with Gasteiger partial charge in [-0.2, -0.15) is 0 Å². The minimum atomic E-state index is -0.235. The van der Waals surface area contributed by atoms with E-state index in [9.17, 15) is 14.7 Å². The van der Waals surface area contributed by atoms with Gasteiger partial charge in [-0.3, -0.25) is 9.59 Å². The van der Waals surface area contributed by atoms with E-state index in [0.29, 0.717) is 30.0 Å². The molecule has 0 bridgehead atoms. The van der Waals surface area contributed by atoms with Gasteiger partial charge in [0.2, 0.25) is 0 Å². The third kappa shape index (κ3) is 2.06. The second-order valence-corrected chi connectivity index (χ2v) is 9.43. The molecule has 1 N–H and O–H groups in total. The largest absolute Gasteiger partial charge is 0.393 e. The van der Waals surface area contributed by atoms with Crippen molar-refractivity contribution in [3.63, 3.8) is 0 Å². The van der Waals surface area contributed by atoms with Gasteiger partial charge >= 0.3 is 0 Å². The van der Waals surface area contributed by atoms with E-state index >= 15 is 0 Å². The molecule has 0 radical (unpaired) electrons. The lowest BCUT2D eigenvalue weighted by atomic mass is 9.44. The van der Waals surface area contributed by atoms with Crippen molar-refractivity contribution in [1.82, 2.24) is 0 Å². The summed E-state index contributed by atoms with van der Waals surface area (Å²) in [5, 5.41) is 10.1. The van der Waals surface area contributed by atoms with Crippen LogP contribution in [0.5, 0.6) is 0 Å². The molecule has 0 spiro atoms. The van der Waals surface area contributed by atoms with E-state index in [1.807, 2.05) is 0 Å². The molecule has 3 heteroatoms. The third-order valence-electron chi connectivity index (χ3n) is 8.29. The maximum absolute atomic E-state index is 13.3. The fraction of sp³-hybridized carbons (Fsp3) is 0.810. The third-order valence-corrected chi connectivity index (χ3v) is 8.29. The van der Waals surface area contributed by atoms with Gasteiger partial charge in [-0.15, -0.1) is 0 Å². The van der Waals surface area contributed by atoms with Gasteiger partial charge in [-0.25, -0.2) is 0 Å². The zero-order chi connectivity index (χ0) is 17.3. The van der Waals surface area contributed by atoms with Gasteiger partial charge in [0, 0.05) is 17.8 Å². The lowest BCUT2D eigenvalue weighted by Gasteiger charge is -2.59. The highest BCUT2D eigenvalue weighted by atomic mass is 16.3. The van der Waals surface area contributed by atoms with Gasteiger partial charge in [-0.05, 0) is 74.2 Å². The summed E-state index contributed by atoms with van der Waals surface area (Å²) in [6.07, 6.45) is 8.34. The van der Waals surface area contributed by atoms with Crippen LogP contribution in [0.1, 0.15) is 65.7 Å². The molecule has 0 aromatic heterocycles. The fourth-order valence-corrected chi connectivity index (χ4v) is 7.17. The molecule has 0 aromatic carbocycles. The maximum Gasteiger partial charge on any atom is 0.156 e. The number of carbonyl (C=O) groups is 2. The number of aliphatic hydroxyl groups excluding tert-OH is 1. The average molecular weight is 330 g/mol. The summed E-state index contributed by atoms with van der Waals surface area (Å²) >= 11 is 0. The van der Waals surface area contributed by atoms with Crippen LogP contribution in [0.15, 0.2) is 11.6 Å². The Labute approximate surface area is 144 Å². The van der Waals surface area contributed by atoms with Gasteiger partial charge in [0.25, 0.3) is 0 Å². The average Bonchev–Trinajstić information content (AvgIpc) is 2.84. The van der Waals surface area contributed by atoms with E-state index < -0.39 is 0 Å². The number of ketones is 2. The number of rotatable bonds is 1. The molecule has 4 aliphatic rings. The normalized spacial score (nSPS) is 50.6. The van der Waals surface area contributed by atoms with Gasteiger partial charge < -0.3 is 5.11 Å². The van der Waals surface area contributed by atoms with Gasteiger partial charge in [0.05, 0.1) is 6.10 Å². The zero-order valence-corrected chi connectivity index (χ0v) is 15.2. The molecule has 4 rings (SSSR count). The summed E-state index contributed by atoms with van der Waals surface area (Å²) in [6, 6.07) is 0. The predicted molar refractivity (Wildman–Crippen MR) is 92.3 cm³/mol. The van der Waals surface area contributed by atoms with Crippen LogP contribution in [0.4, 0.5) is 0 Å². The molecule has 0 heterocycles. The fourth-order valence-electron chi connectivity index (χ4n) is 7.17. The summed E-state index contributed by atoms with van der Waals surface area (Å²) in [7, 11) is 0. The highest BCUT2D eigenvalue weighted by Crippen LogP contribution is 2.65. The van der Waals surface area contributed by atoms with Crippen LogP contribution in [0.25, 0.3) is 0 Å². The topological polar surface area (TPSA) is 54.4 Å². The van der Waals surface area contributed by atoms with E-state index in [0.717, 1.165) is 44.1 Å². The number of carbonyl (C=O) groups excluding carboxylic acids is 2. The molecule has 4 aliphatic carbocycles.